The van der Waals surface area contributed by atoms with Gasteiger partial charge in [0.1, 0.15) is 23.9 Å². The molecule has 170 valence electrons. The van der Waals surface area contributed by atoms with Gasteiger partial charge < -0.3 is 21.7 Å². The highest BCUT2D eigenvalue weighted by Gasteiger charge is 2.27. The SMILES string of the molecule is CC(C)C(=C/N)/C=C(\N)Nc1ccc2ncc(N3CC(NOSN(C)C)C3)cc2n1.S. The molecular weight excluding hydrogens is 432 g/mol. The molecule has 1 aliphatic rings. The van der Waals surface area contributed by atoms with Crippen LogP contribution < -0.4 is 27.2 Å². The average Bonchev–Trinajstić information content (AvgIpc) is 2.66. The molecule has 0 aromatic carbocycles. The third kappa shape index (κ3) is 6.91. The maximum absolute atomic E-state index is 6.11. The van der Waals surface area contributed by atoms with E-state index in [1.807, 2.05) is 48.9 Å². The number of allylic oxidation sites excluding steroid dienone is 2. The maximum atomic E-state index is 6.11. The van der Waals surface area contributed by atoms with Gasteiger partial charge in [-0.2, -0.15) is 19.0 Å². The molecule has 9 nitrogen and oxygen atoms in total. The highest BCUT2D eigenvalue weighted by Crippen LogP contribution is 2.24. The molecule has 11 heteroatoms. The summed E-state index contributed by atoms with van der Waals surface area (Å²) in [6.07, 6.45) is 5.27. The Bertz CT molecular complexity index is 929. The van der Waals surface area contributed by atoms with E-state index in [4.69, 9.17) is 15.8 Å². The van der Waals surface area contributed by atoms with Crippen LogP contribution in [0, 0.1) is 5.92 Å². The monoisotopic (exact) mass is 464 g/mol. The standard InChI is InChI=1S/C20H30N8OS.H2S/c1-13(2)14(9-21)7-19(22)25-20-6-5-17-18(24-20)8-16(10-23-17)28-11-15(12-28)26-29-30-27(3)4;/h5-10,13,15,26H,11-12,21-22H2,1-4H3,(H,24,25);1H2/b14-9+,19-7+;. The minimum absolute atomic E-state index is 0. The van der Waals surface area contributed by atoms with Crippen molar-refractivity contribution in [2.24, 2.45) is 17.4 Å². The third-order valence-electron chi connectivity index (χ3n) is 4.62. The van der Waals surface area contributed by atoms with Crippen LogP contribution in [0.4, 0.5) is 11.5 Å². The van der Waals surface area contributed by atoms with Gasteiger partial charge in [-0.05, 0) is 56.1 Å². The maximum Gasteiger partial charge on any atom is 0.132 e. The molecule has 1 aliphatic heterocycles. The van der Waals surface area contributed by atoms with Crippen LogP contribution in [0.25, 0.3) is 11.0 Å². The topological polar surface area (TPSA) is 118 Å². The summed E-state index contributed by atoms with van der Waals surface area (Å²) < 4.78 is 7.24. The molecule has 3 rings (SSSR count). The quantitative estimate of drug-likeness (QED) is 0.190. The van der Waals surface area contributed by atoms with Crippen LogP contribution in [0.5, 0.6) is 0 Å². The van der Waals surface area contributed by atoms with Gasteiger partial charge in [0, 0.05) is 13.1 Å². The Balaban J connectivity index is 0.00000341. The minimum atomic E-state index is 0. The first-order valence-corrected chi connectivity index (χ1v) is 10.5. The highest BCUT2D eigenvalue weighted by atomic mass is 32.2. The second-order valence-electron chi connectivity index (χ2n) is 7.66. The molecule has 0 saturated carbocycles. The lowest BCUT2D eigenvalue weighted by Crippen LogP contribution is -2.57. The smallest absolute Gasteiger partial charge is 0.132 e. The van der Waals surface area contributed by atoms with Gasteiger partial charge in [0.05, 0.1) is 29.0 Å². The van der Waals surface area contributed by atoms with E-state index >= 15 is 0 Å². The van der Waals surface area contributed by atoms with E-state index in [0.29, 0.717) is 11.6 Å². The summed E-state index contributed by atoms with van der Waals surface area (Å²) in [6, 6.07) is 6.11. The first-order valence-electron chi connectivity index (χ1n) is 9.80. The molecule has 0 amide bonds. The van der Waals surface area contributed by atoms with E-state index in [1.165, 1.54) is 12.2 Å². The van der Waals surface area contributed by atoms with E-state index in [0.717, 1.165) is 35.4 Å². The summed E-state index contributed by atoms with van der Waals surface area (Å²) in [6.45, 7) is 5.82. The fraction of sp³-hybridized carbons (Fsp3) is 0.400. The van der Waals surface area contributed by atoms with Crippen LogP contribution in [0.2, 0.25) is 0 Å². The second-order valence-corrected chi connectivity index (χ2v) is 8.71. The van der Waals surface area contributed by atoms with Gasteiger partial charge in [-0.25, -0.2) is 13.6 Å². The van der Waals surface area contributed by atoms with Gasteiger partial charge in [0.25, 0.3) is 0 Å². The van der Waals surface area contributed by atoms with Crippen LogP contribution in [0.15, 0.2) is 48.1 Å². The third-order valence-corrected chi connectivity index (χ3v) is 5.09. The van der Waals surface area contributed by atoms with Gasteiger partial charge in [-0.15, -0.1) is 0 Å². The van der Waals surface area contributed by atoms with Crippen molar-refractivity contribution >= 4 is 48.3 Å². The van der Waals surface area contributed by atoms with Crippen molar-refractivity contribution in [2.75, 3.05) is 37.4 Å². The van der Waals surface area contributed by atoms with Gasteiger partial charge in [-0.1, -0.05) is 13.8 Å². The molecule has 2 aromatic rings. The minimum Gasteiger partial charge on any atom is -0.404 e. The van der Waals surface area contributed by atoms with Gasteiger partial charge in [0.2, 0.25) is 0 Å². The molecule has 0 aliphatic carbocycles. The van der Waals surface area contributed by atoms with Crippen molar-refractivity contribution in [3.63, 3.8) is 0 Å². The lowest BCUT2D eigenvalue weighted by atomic mass is 10.0. The summed E-state index contributed by atoms with van der Waals surface area (Å²) in [7, 11) is 3.86. The van der Waals surface area contributed by atoms with E-state index in [-0.39, 0.29) is 25.5 Å². The predicted octanol–water partition coefficient (Wildman–Crippen LogP) is 2.29. The average molecular weight is 465 g/mol. The summed E-state index contributed by atoms with van der Waals surface area (Å²) in [5.74, 6) is 1.43. The van der Waals surface area contributed by atoms with Crippen LogP contribution >= 0.6 is 25.7 Å². The van der Waals surface area contributed by atoms with Crippen molar-refractivity contribution in [3.05, 3.63) is 48.1 Å². The number of nitrogens with zero attached hydrogens (tertiary/aromatic N) is 4. The second kappa shape index (κ2) is 11.4. The molecule has 0 atom stereocenters. The number of hydrogen-bond acceptors (Lipinski definition) is 10. The largest absolute Gasteiger partial charge is 0.404 e. The number of hydroxylamine groups is 1. The van der Waals surface area contributed by atoms with Gasteiger partial charge in [0.15, 0.2) is 0 Å². The normalized spacial score (nSPS) is 15.4. The lowest BCUT2D eigenvalue weighted by Gasteiger charge is -2.40. The predicted molar refractivity (Wildman–Crippen MR) is 134 cm³/mol. The molecule has 0 bridgehead atoms. The van der Waals surface area contributed by atoms with Crippen LogP contribution in [0.3, 0.4) is 0 Å². The Morgan fingerprint density at radius 2 is 2.06 bits per heavy atom. The van der Waals surface area contributed by atoms with E-state index in [9.17, 15) is 0 Å². The van der Waals surface area contributed by atoms with E-state index < -0.39 is 0 Å². The highest BCUT2D eigenvalue weighted by molar-refractivity contribution is 7.92. The van der Waals surface area contributed by atoms with Crippen LogP contribution in [-0.2, 0) is 4.28 Å². The zero-order valence-corrected chi connectivity index (χ0v) is 20.1. The van der Waals surface area contributed by atoms with Gasteiger partial charge in [-0.3, -0.25) is 4.98 Å². The molecule has 0 spiro atoms. The Morgan fingerprint density at radius 3 is 2.71 bits per heavy atom. The summed E-state index contributed by atoms with van der Waals surface area (Å²) >= 11 is 1.27. The number of aromatic nitrogens is 2. The van der Waals surface area contributed by atoms with Crippen LogP contribution in [0.1, 0.15) is 13.8 Å². The number of nitrogens with two attached hydrogens (primary N) is 2. The molecule has 31 heavy (non-hydrogen) atoms. The fourth-order valence-electron chi connectivity index (χ4n) is 2.94. The Hall–Kier alpha value is -2.18. The first-order chi connectivity index (χ1) is 14.4. The molecule has 1 fully saturated rings. The Kier molecular flexibility index (Phi) is 9.26. The number of nitrogens with one attached hydrogen (secondary N) is 2. The van der Waals surface area contributed by atoms with Gasteiger partial charge >= 0.3 is 0 Å². The summed E-state index contributed by atoms with van der Waals surface area (Å²) in [5.41, 5.74) is 18.5. The molecule has 0 radical (unpaired) electrons. The number of hydrogen-bond donors (Lipinski definition) is 4. The van der Waals surface area contributed by atoms with Crippen LogP contribution in [-0.4, -0.2) is 47.5 Å². The summed E-state index contributed by atoms with van der Waals surface area (Å²) in [4.78, 5) is 11.4. The van der Waals surface area contributed by atoms with Crippen molar-refractivity contribution in [1.82, 2.24) is 19.8 Å². The lowest BCUT2D eigenvalue weighted by molar-refractivity contribution is 0.163. The Morgan fingerprint density at radius 1 is 1.32 bits per heavy atom. The Labute approximate surface area is 195 Å². The molecule has 3 heterocycles. The number of pyridine rings is 2. The molecular formula is C20H32N8OS2. The number of rotatable bonds is 9. The van der Waals surface area contributed by atoms with Crippen molar-refractivity contribution in [1.29, 1.82) is 0 Å². The zero-order chi connectivity index (χ0) is 21.7. The zero-order valence-electron chi connectivity index (χ0n) is 18.3. The molecule has 2 aromatic heterocycles. The summed E-state index contributed by atoms with van der Waals surface area (Å²) in [5, 5.41) is 3.13. The molecule has 1 saturated heterocycles. The molecule has 0 unspecified atom stereocenters. The van der Waals surface area contributed by atoms with Crippen molar-refractivity contribution in [2.45, 2.75) is 19.9 Å². The van der Waals surface area contributed by atoms with E-state index in [2.05, 4.69) is 39.5 Å². The number of anilines is 2. The van der Waals surface area contributed by atoms with Crippen molar-refractivity contribution in [3.8, 4) is 0 Å². The number of fused-ring (bicyclic) bond motifs is 1. The molecule has 6 N–H and O–H groups in total. The van der Waals surface area contributed by atoms with E-state index in [1.54, 1.807) is 6.20 Å². The fourth-order valence-corrected chi connectivity index (χ4v) is 3.27. The van der Waals surface area contributed by atoms with Crippen molar-refractivity contribution < 1.29 is 4.28 Å². The first kappa shape index (κ1) is 25.1.